The van der Waals surface area contributed by atoms with Crippen molar-refractivity contribution in [1.29, 1.82) is 0 Å². The van der Waals surface area contributed by atoms with Gasteiger partial charge < -0.3 is 9.73 Å². The van der Waals surface area contributed by atoms with E-state index in [1.54, 1.807) is 6.08 Å². The lowest BCUT2D eigenvalue weighted by molar-refractivity contribution is -0.127. The summed E-state index contributed by atoms with van der Waals surface area (Å²) >= 11 is 0. The van der Waals surface area contributed by atoms with Crippen LogP contribution >= 0.6 is 0 Å². The molecule has 7 heteroatoms. The highest BCUT2D eigenvalue weighted by molar-refractivity contribution is 7.92. The van der Waals surface area contributed by atoms with Crippen LogP contribution in [0.2, 0.25) is 0 Å². The molecule has 1 aromatic carbocycles. The first-order valence-corrected chi connectivity index (χ1v) is 12.8. The van der Waals surface area contributed by atoms with Crippen LogP contribution in [0.4, 0.5) is 0 Å². The molecule has 1 aliphatic heterocycles. The lowest BCUT2D eigenvalue weighted by atomic mass is 9.74. The van der Waals surface area contributed by atoms with Crippen LogP contribution in [0.5, 0.6) is 0 Å². The number of nitrogens with one attached hydrogen (secondary N) is 1. The molecule has 1 saturated heterocycles. The Labute approximate surface area is 190 Å². The summed E-state index contributed by atoms with van der Waals surface area (Å²) in [4.78, 5) is 13.0. The zero-order valence-electron chi connectivity index (χ0n) is 19.0. The topological polar surface area (TPSA) is 79.6 Å². The number of fused-ring (bicyclic) bond motifs is 1. The van der Waals surface area contributed by atoms with E-state index in [2.05, 4.69) is 19.2 Å². The van der Waals surface area contributed by atoms with E-state index in [-0.39, 0.29) is 23.3 Å². The number of hydrogen-bond acceptors (Lipinski definition) is 4. The van der Waals surface area contributed by atoms with Crippen molar-refractivity contribution in [3.8, 4) is 0 Å². The van der Waals surface area contributed by atoms with Crippen molar-refractivity contribution >= 4 is 22.0 Å². The second-order valence-corrected chi connectivity index (χ2v) is 11.6. The fraction of sp³-hybridized carbons (Fsp3) is 0.480. The van der Waals surface area contributed by atoms with Crippen LogP contribution < -0.4 is 5.32 Å². The maximum atomic E-state index is 13.0. The number of benzene rings is 1. The number of aryl methyl sites for hydroxylation is 1. The van der Waals surface area contributed by atoms with Crippen LogP contribution in [0.25, 0.3) is 6.08 Å². The summed E-state index contributed by atoms with van der Waals surface area (Å²) < 4.78 is 32.7. The number of carbonyl (C=O) groups excluding carboxylic acids is 1. The summed E-state index contributed by atoms with van der Waals surface area (Å²) in [6.45, 7) is 7.03. The molecule has 0 spiro atoms. The molecule has 0 radical (unpaired) electrons. The minimum atomic E-state index is -3.50. The number of hydrogen-bond donors (Lipinski definition) is 1. The summed E-state index contributed by atoms with van der Waals surface area (Å²) in [6.07, 6.45) is 4.40. The van der Waals surface area contributed by atoms with Gasteiger partial charge in [-0.25, -0.2) is 8.42 Å². The summed E-state index contributed by atoms with van der Waals surface area (Å²) in [6, 6.07) is 11.3. The predicted molar refractivity (Wildman–Crippen MR) is 125 cm³/mol. The van der Waals surface area contributed by atoms with Crippen molar-refractivity contribution in [2.75, 3.05) is 13.1 Å². The third kappa shape index (κ3) is 5.15. The van der Waals surface area contributed by atoms with Crippen molar-refractivity contribution in [2.45, 2.75) is 52.5 Å². The number of sulfonamides is 1. The van der Waals surface area contributed by atoms with E-state index in [1.807, 2.05) is 43.3 Å². The molecule has 0 bridgehead atoms. The first kappa shape index (κ1) is 22.8. The second kappa shape index (κ2) is 8.87. The molecule has 2 heterocycles. The SMILES string of the molecule is Cc1cc2c(o1)CC(C)(C)CC2NC(=O)C1CCN(S(=O)(=O)/C=C/c2ccccc2)CC1. The largest absolute Gasteiger partial charge is 0.466 e. The Balaban J connectivity index is 1.36. The van der Waals surface area contributed by atoms with Crippen molar-refractivity contribution in [3.05, 3.63) is 64.5 Å². The molecule has 1 aromatic heterocycles. The normalized spacial score (nSPS) is 22.0. The Morgan fingerprint density at radius 3 is 2.56 bits per heavy atom. The highest BCUT2D eigenvalue weighted by atomic mass is 32.2. The maximum Gasteiger partial charge on any atom is 0.236 e. The zero-order valence-corrected chi connectivity index (χ0v) is 19.8. The first-order valence-electron chi connectivity index (χ1n) is 11.3. The summed E-state index contributed by atoms with van der Waals surface area (Å²) in [7, 11) is -3.50. The van der Waals surface area contributed by atoms with Crippen molar-refractivity contribution < 1.29 is 17.6 Å². The Morgan fingerprint density at radius 2 is 1.88 bits per heavy atom. The summed E-state index contributed by atoms with van der Waals surface area (Å²) in [5.74, 6) is 1.67. The van der Waals surface area contributed by atoms with Gasteiger partial charge in [0.05, 0.1) is 6.04 Å². The number of nitrogens with zero attached hydrogens (tertiary/aromatic N) is 1. The van der Waals surface area contributed by atoms with Gasteiger partial charge in [0, 0.05) is 36.4 Å². The molecule has 2 aromatic rings. The lowest BCUT2D eigenvalue weighted by Gasteiger charge is -2.36. The Kier molecular flexibility index (Phi) is 6.32. The number of amides is 1. The van der Waals surface area contributed by atoms with Gasteiger partial charge >= 0.3 is 0 Å². The van der Waals surface area contributed by atoms with Gasteiger partial charge in [0.25, 0.3) is 0 Å². The molecule has 6 nitrogen and oxygen atoms in total. The predicted octanol–water partition coefficient (Wildman–Crippen LogP) is 4.43. The third-order valence-corrected chi connectivity index (χ3v) is 8.03. The molecule has 2 aliphatic rings. The minimum absolute atomic E-state index is 0.00868. The maximum absolute atomic E-state index is 13.0. The first-order chi connectivity index (χ1) is 15.1. The zero-order chi connectivity index (χ0) is 22.9. The molecule has 1 aliphatic carbocycles. The Bertz CT molecular complexity index is 1090. The highest BCUT2D eigenvalue weighted by Gasteiger charge is 2.37. The number of carbonyl (C=O) groups is 1. The molecular weight excluding hydrogens is 424 g/mol. The molecule has 0 saturated carbocycles. The van der Waals surface area contributed by atoms with Gasteiger partial charge in [-0.1, -0.05) is 44.2 Å². The summed E-state index contributed by atoms with van der Waals surface area (Å²) in [5.41, 5.74) is 1.98. The van der Waals surface area contributed by atoms with Crippen LogP contribution in [0.3, 0.4) is 0 Å². The average Bonchev–Trinajstić information content (AvgIpc) is 3.12. The van der Waals surface area contributed by atoms with Gasteiger partial charge in [-0.15, -0.1) is 0 Å². The quantitative estimate of drug-likeness (QED) is 0.722. The van der Waals surface area contributed by atoms with E-state index in [0.29, 0.717) is 25.9 Å². The van der Waals surface area contributed by atoms with E-state index >= 15 is 0 Å². The standard InChI is InChI=1S/C25H32N2O4S/c1-18-15-21-22(16-25(2,3)17-23(21)31-18)26-24(28)20-9-12-27(13-10-20)32(29,30)14-11-19-7-5-4-6-8-19/h4-8,11,14-15,20,22H,9-10,12-13,16-17H2,1-3H3,(H,26,28)/b14-11+. The van der Waals surface area contributed by atoms with Gasteiger partial charge in [-0.3, -0.25) is 4.79 Å². The molecule has 4 rings (SSSR count). The summed E-state index contributed by atoms with van der Waals surface area (Å²) in [5, 5.41) is 4.49. The number of piperidine rings is 1. The Morgan fingerprint density at radius 1 is 1.19 bits per heavy atom. The molecule has 32 heavy (non-hydrogen) atoms. The third-order valence-electron chi connectivity index (χ3n) is 6.47. The Hall–Kier alpha value is -2.38. The molecule has 1 N–H and O–H groups in total. The second-order valence-electron chi connectivity index (χ2n) is 9.77. The van der Waals surface area contributed by atoms with E-state index in [4.69, 9.17) is 4.42 Å². The number of furan rings is 1. The molecule has 1 unspecified atom stereocenters. The van der Waals surface area contributed by atoms with Gasteiger partial charge in [0.2, 0.25) is 15.9 Å². The molecular formula is C25H32N2O4S. The van der Waals surface area contributed by atoms with Crippen LogP contribution in [-0.4, -0.2) is 31.7 Å². The van der Waals surface area contributed by atoms with Gasteiger partial charge in [-0.2, -0.15) is 4.31 Å². The van der Waals surface area contributed by atoms with Crippen LogP contribution in [0.15, 0.2) is 46.2 Å². The molecule has 1 amide bonds. The minimum Gasteiger partial charge on any atom is -0.466 e. The smallest absolute Gasteiger partial charge is 0.236 e. The van der Waals surface area contributed by atoms with E-state index in [0.717, 1.165) is 35.5 Å². The lowest BCUT2D eigenvalue weighted by Crippen LogP contribution is -2.44. The van der Waals surface area contributed by atoms with Crippen molar-refractivity contribution in [2.24, 2.45) is 11.3 Å². The molecule has 1 atom stereocenters. The fourth-order valence-electron chi connectivity index (χ4n) is 4.79. The van der Waals surface area contributed by atoms with Gasteiger partial charge in [0.15, 0.2) is 0 Å². The van der Waals surface area contributed by atoms with Crippen LogP contribution in [0, 0.1) is 18.3 Å². The van der Waals surface area contributed by atoms with E-state index in [1.165, 1.54) is 9.71 Å². The van der Waals surface area contributed by atoms with E-state index in [9.17, 15) is 13.2 Å². The molecule has 172 valence electrons. The monoisotopic (exact) mass is 456 g/mol. The van der Waals surface area contributed by atoms with Crippen LogP contribution in [-0.2, 0) is 21.2 Å². The van der Waals surface area contributed by atoms with Crippen LogP contribution in [0.1, 0.15) is 61.8 Å². The van der Waals surface area contributed by atoms with Crippen molar-refractivity contribution in [3.63, 3.8) is 0 Å². The highest BCUT2D eigenvalue weighted by Crippen LogP contribution is 2.42. The van der Waals surface area contributed by atoms with E-state index < -0.39 is 10.0 Å². The molecule has 1 fully saturated rings. The fourth-order valence-corrected chi connectivity index (χ4v) is 6.01. The van der Waals surface area contributed by atoms with Gasteiger partial charge in [0.1, 0.15) is 11.5 Å². The van der Waals surface area contributed by atoms with Crippen molar-refractivity contribution in [1.82, 2.24) is 9.62 Å². The number of rotatable bonds is 5. The van der Waals surface area contributed by atoms with Gasteiger partial charge in [-0.05, 0) is 49.3 Å². The average molecular weight is 457 g/mol.